The minimum atomic E-state index is -4.40. The molecule has 1 unspecified atom stereocenters. The van der Waals surface area contributed by atoms with Gasteiger partial charge < -0.3 is 20.4 Å². The van der Waals surface area contributed by atoms with E-state index < -0.39 is 11.7 Å². The second-order valence-corrected chi connectivity index (χ2v) is 8.49. The van der Waals surface area contributed by atoms with Crippen LogP contribution < -0.4 is 15.8 Å². The number of aromatic nitrogens is 3. The topological polar surface area (TPSA) is 95.1 Å². The van der Waals surface area contributed by atoms with Crippen LogP contribution in [0.15, 0.2) is 67.5 Å². The first-order valence-corrected chi connectivity index (χ1v) is 11.2. The molecule has 5 rings (SSSR count). The summed E-state index contributed by atoms with van der Waals surface area (Å²) in [5.41, 5.74) is 9.05. The molecular weight excluding hydrogens is 471 g/mol. The Morgan fingerprint density at radius 1 is 1.11 bits per heavy atom. The highest BCUT2D eigenvalue weighted by Gasteiger charge is 2.30. The minimum absolute atomic E-state index is 0.0675. The molecule has 0 fully saturated rings. The van der Waals surface area contributed by atoms with Crippen molar-refractivity contribution in [1.82, 2.24) is 19.9 Å². The van der Waals surface area contributed by atoms with E-state index in [1.54, 1.807) is 12.1 Å². The third kappa shape index (κ3) is 4.37. The molecular formula is C26H22F3N5O2. The number of nitrogens with one attached hydrogen (secondary N) is 1. The molecule has 0 spiro atoms. The highest BCUT2D eigenvalue weighted by Crippen LogP contribution is 2.40. The molecule has 0 bridgehead atoms. The number of carbonyl (C=O) groups excluding carboxylic acids is 1. The number of nitrogens with zero attached hydrogens (tertiary/aromatic N) is 3. The van der Waals surface area contributed by atoms with Gasteiger partial charge in [-0.25, -0.2) is 9.97 Å². The average molecular weight is 493 g/mol. The highest BCUT2D eigenvalue weighted by molar-refractivity contribution is 6.02. The molecule has 0 radical (unpaired) electrons. The quantitative estimate of drug-likeness (QED) is 0.377. The Morgan fingerprint density at radius 2 is 1.78 bits per heavy atom. The van der Waals surface area contributed by atoms with Gasteiger partial charge in [-0.2, -0.15) is 13.2 Å². The number of anilines is 1. The van der Waals surface area contributed by atoms with E-state index in [9.17, 15) is 18.0 Å². The zero-order chi connectivity index (χ0) is 25.4. The van der Waals surface area contributed by atoms with E-state index in [1.807, 2.05) is 12.1 Å². The van der Waals surface area contributed by atoms with Gasteiger partial charge >= 0.3 is 6.18 Å². The van der Waals surface area contributed by atoms with Gasteiger partial charge in [-0.1, -0.05) is 18.7 Å². The lowest BCUT2D eigenvalue weighted by Crippen LogP contribution is -2.40. The second-order valence-electron chi connectivity index (χ2n) is 8.49. The summed E-state index contributed by atoms with van der Waals surface area (Å²) in [5.74, 6) is 0.909. The Bertz CT molecular complexity index is 1440. The normalized spacial score (nSPS) is 15.4. The predicted molar refractivity (Wildman–Crippen MR) is 129 cm³/mol. The minimum Gasteiger partial charge on any atom is -0.457 e. The number of nitrogens with two attached hydrogens (primary N) is 1. The van der Waals surface area contributed by atoms with Crippen LogP contribution in [0, 0.1) is 0 Å². The number of hydrogen-bond donors (Lipinski definition) is 2. The fraction of sp³-hybridized carbons (Fsp3) is 0.192. The van der Waals surface area contributed by atoms with E-state index in [0.717, 1.165) is 40.8 Å². The molecule has 3 heterocycles. The number of rotatable bonds is 5. The lowest BCUT2D eigenvalue weighted by Gasteiger charge is -2.26. The van der Waals surface area contributed by atoms with Crippen molar-refractivity contribution < 1.29 is 22.7 Å². The zero-order valence-electron chi connectivity index (χ0n) is 19.0. The van der Waals surface area contributed by atoms with E-state index in [4.69, 9.17) is 10.5 Å². The van der Waals surface area contributed by atoms with Crippen molar-refractivity contribution in [2.24, 2.45) is 0 Å². The first kappa shape index (κ1) is 23.4. The lowest BCUT2D eigenvalue weighted by molar-refractivity contribution is -0.137. The molecule has 0 aliphatic carbocycles. The van der Waals surface area contributed by atoms with E-state index in [-0.39, 0.29) is 11.9 Å². The molecule has 2 aromatic carbocycles. The summed E-state index contributed by atoms with van der Waals surface area (Å²) in [6.45, 7) is 4.05. The van der Waals surface area contributed by atoms with Crippen LogP contribution in [0.25, 0.3) is 22.2 Å². The molecule has 184 valence electrons. The van der Waals surface area contributed by atoms with E-state index >= 15 is 0 Å². The molecule has 1 amide bonds. The van der Waals surface area contributed by atoms with Gasteiger partial charge in [0.2, 0.25) is 5.91 Å². The number of benzene rings is 2. The van der Waals surface area contributed by atoms with Crippen LogP contribution in [0.3, 0.4) is 0 Å². The number of halogens is 3. The smallest absolute Gasteiger partial charge is 0.416 e. The number of fused-ring (bicyclic) bond motifs is 3. The summed E-state index contributed by atoms with van der Waals surface area (Å²) < 4.78 is 46.2. The van der Waals surface area contributed by atoms with Crippen molar-refractivity contribution in [3.8, 4) is 22.6 Å². The summed E-state index contributed by atoms with van der Waals surface area (Å²) >= 11 is 0. The third-order valence-electron chi connectivity index (χ3n) is 6.20. The summed E-state index contributed by atoms with van der Waals surface area (Å²) in [4.78, 5) is 20.5. The molecule has 7 nitrogen and oxygen atoms in total. The van der Waals surface area contributed by atoms with Crippen molar-refractivity contribution in [2.45, 2.75) is 31.6 Å². The van der Waals surface area contributed by atoms with Gasteiger partial charge in [-0.3, -0.25) is 4.79 Å². The molecule has 0 saturated heterocycles. The van der Waals surface area contributed by atoms with E-state index in [2.05, 4.69) is 26.4 Å². The van der Waals surface area contributed by atoms with Gasteiger partial charge in [0.05, 0.1) is 10.9 Å². The summed E-state index contributed by atoms with van der Waals surface area (Å²) in [7, 11) is 0. The summed E-state index contributed by atoms with van der Waals surface area (Å²) in [6, 6.07) is 11.7. The van der Waals surface area contributed by atoms with Crippen LogP contribution in [0.4, 0.5) is 19.0 Å². The number of alkyl halides is 3. The van der Waals surface area contributed by atoms with Gasteiger partial charge in [-0.15, -0.1) is 0 Å². The van der Waals surface area contributed by atoms with Crippen molar-refractivity contribution in [3.05, 3.63) is 78.8 Å². The van der Waals surface area contributed by atoms with Crippen molar-refractivity contribution >= 4 is 22.8 Å². The maximum absolute atomic E-state index is 12.8. The Balaban J connectivity index is 1.46. The van der Waals surface area contributed by atoms with Crippen LogP contribution in [0.2, 0.25) is 0 Å². The largest absolute Gasteiger partial charge is 0.457 e. The maximum atomic E-state index is 12.8. The molecule has 2 aromatic heterocycles. The standard InChI is InChI=1S/C26H22F3N5O2/c1-2-21(35)33-17-7-12-20-22(23-24(30)31-14-32-25(23)34(20)13-17)15-3-8-18(9-4-15)36-19-10-5-16(6-11-19)26(27,28)29/h2-6,8-11,14,17H,1,7,12-13H2,(H,33,35)(H2,30,31,32). The van der Waals surface area contributed by atoms with Gasteiger partial charge in [0.15, 0.2) is 0 Å². The molecule has 36 heavy (non-hydrogen) atoms. The van der Waals surface area contributed by atoms with E-state index in [1.165, 1.54) is 24.5 Å². The molecule has 1 aliphatic rings. The van der Waals surface area contributed by atoms with Crippen molar-refractivity contribution in [2.75, 3.05) is 5.73 Å². The molecule has 1 atom stereocenters. The first-order chi connectivity index (χ1) is 17.2. The maximum Gasteiger partial charge on any atom is 0.416 e. The summed E-state index contributed by atoms with van der Waals surface area (Å²) in [5, 5.41) is 3.68. The number of nitrogen functional groups attached to an aromatic ring is 1. The monoisotopic (exact) mass is 493 g/mol. The van der Waals surface area contributed by atoms with Crippen molar-refractivity contribution in [1.29, 1.82) is 0 Å². The van der Waals surface area contributed by atoms with E-state index in [0.29, 0.717) is 35.9 Å². The fourth-order valence-electron chi connectivity index (χ4n) is 4.55. The lowest BCUT2D eigenvalue weighted by atomic mass is 9.97. The van der Waals surface area contributed by atoms with Crippen LogP contribution >= 0.6 is 0 Å². The Morgan fingerprint density at radius 3 is 2.42 bits per heavy atom. The summed E-state index contributed by atoms with van der Waals surface area (Å²) in [6.07, 6.45) is -0.296. The predicted octanol–water partition coefficient (Wildman–Crippen LogP) is 5.11. The van der Waals surface area contributed by atoms with Crippen molar-refractivity contribution in [3.63, 3.8) is 0 Å². The second kappa shape index (κ2) is 9.03. The van der Waals surface area contributed by atoms with Crippen LogP contribution in [0.1, 0.15) is 17.7 Å². The Labute approximate surface area is 204 Å². The molecule has 0 saturated carbocycles. The van der Waals surface area contributed by atoms with Gasteiger partial charge in [0.25, 0.3) is 0 Å². The third-order valence-corrected chi connectivity index (χ3v) is 6.20. The number of amides is 1. The fourth-order valence-corrected chi connectivity index (χ4v) is 4.55. The Kier molecular flexibility index (Phi) is 5.87. The average Bonchev–Trinajstić information content (AvgIpc) is 3.19. The van der Waals surface area contributed by atoms with Gasteiger partial charge in [0.1, 0.15) is 29.3 Å². The number of hydrogen-bond acceptors (Lipinski definition) is 5. The highest BCUT2D eigenvalue weighted by atomic mass is 19.4. The number of carbonyl (C=O) groups is 1. The SMILES string of the molecule is C=CC(=O)NC1CCc2c(-c3ccc(Oc4ccc(C(F)(F)F)cc4)cc3)c3c(N)ncnc3n2C1. The number of ether oxygens (including phenoxy) is 1. The van der Waals surface area contributed by atoms with Crippen LogP contribution in [-0.2, 0) is 23.9 Å². The molecule has 4 aromatic rings. The van der Waals surface area contributed by atoms with Gasteiger partial charge in [-0.05, 0) is 60.9 Å². The first-order valence-electron chi connectivity index (χ1n) is 11.2. The zero-order valence-corrected chi connectivity index (χ0v) is 19.0. The van der Waals surface area contributed by atoms with Crippen LogP contribution in [-0.4, -0.2) is 26.5 Å². The molecule has 3 N–H and O–H groups in total. The molecule has 1 aliphatic heterocycles. The Hall–Kier alpha value is -4.34. The van der Waals surface area contributed by atoms with Crippen LogP contribution in [0.5, 0.6) is 11.5 Å². The van der Waals surface area contributed by atoms with Gasteiger partial charge in [0, 0.05) is 23.8 Å². The molecule has 10 heteroatoms.